The number of rotatable bonds is 4. The van der Waals surface area contributed by atoms with Gasteiger partial charge in [0, 0.05) is 12.6 Å². The second-order valence-electron chi connectivity index (χ2n) is 4.20. The Balaban J connectivity index is 1.80. The molecular weight excluding hydrogens is 224 g/mol. The van der Waals surface area contributed by atoms with Crippen molar-refractivity contribution in [1.29, 1.82) is 0 Å². The number of halogens is 1. The summed E-state index contributed by atoms with van der Waals surface area (Å²) >= 11 is 5.72. The van der Waals surface area contributed by atoms with E-state index in [0.29, 0.717) is 17.0 Å². The van der Waals surface area contributed by atoms with Gasteiger partial charge >= 0.3 is 0 Å². The summed E-state index contributed by atoms with van der Waals surface area (Å²) in [5, 5.41) is 3.79. The normalized spacial score (nSPS) is 18.6. The van der Waals surface area contributed by atoms with Crippen LogP contribution in [-0.2, 0) is 0 Å². The molecule has 1 aromatic heterocycles. The van der Waals surface area contributed by atoms with Gasteiger partial charge in [0.1, 0.15) is 0 Å². The molecule has 1 aromatic rings. The van der Waals surface area contributed by atoms with Crippen LogP contribution < -0.4 is 5.32 Å². The van der Waals surface area contributed by atoms with Gasteiger partial charge in [-0.2, -0.15) is 0 Å². The largest absolute Gasteiger partial charge is 0.353 e. The van der Waals surface area contributed by atoms with Crippen LogP contribution in [0, 0.1) is 0 Å². The van der Waals surface area contributed by atoms with Crippen molar-refractivity contribution in [2.45, 2.75) is 25.8 Å². The molecule has 0 spiro atoms. The van der Waals surface area contributed by atoms with Crippen LogP contribution in [0.3, 0.4) is 0 Å². The molecule has 0 aromatic carbocycles. The summed E-state index contributed by atoms with van der Waals surface area (Å²) in [4.78, 5) is 10.7. The molecule has 4 nitrogen and oxygen atoms in total. The lowest BCUT2D eigenvalue weighted by Crippen LogP contribution is -2.35. The average Bonchev–Trinajstić information content (AvgIpc) is 2.81. The number of anilines is 1. The molecule has 0 aliphatic carbocycles. The van der Waals surface area contributed by atoms with Gasteiger partial charge in [-0.25, -0.2) is 9.97 Å². The van der Waals surface area contributed by atoms with E-state index in [4.69, 9.17) is 11.6 Å². The Morgan fingerprint density at radius 3 is 2.62 bits per heavy atom. The molecule has 1 saturated heterocycles. The second-order valence-corrected chi connectivity index (χ2v) is 4.63. The molecule has 16 heavy (non-hydrogen) atoms. The first kappa shape index (κ1) is 11.6. The standard InChI is InChI=1S/C11H17ClN4/c1-9(16-4-2-3-5-16)6-13-11-14-7-10(12)8-15-11/h7-9H,2-6H2,1H3,(H,13,14,15). The van der Waals surface area contributed by atoms with Crippen LogP contribution in [0.15, 0.2) is 12.4 Å². The van der Waals surface area contributed by atoms with Gasteiger partial charge in [0.25, 0.3) is 0 Å². The summed E-state index contributed by atoms with van der Waals surface area (Å²) in [6.07, 6.45) is 5.86. The van der Waals surface area contributed by atoms with E-state index in [-0.39, 0.29) is 0 Å². The van der Waals surface area contributed by atoms with Gasteiger partial charge in [0.15, 0.2) is 0 Å². The lowest BCUT2D eigenvalue weighted by molar-refractivity contribution is 0.269. The highest BCUT2D eigenvalue weighted by Crippen LogP contribution is 2.12. The molecule has 5 heteroatoms. The van der Waals surface area contributed by atoms with Crippen LogP contribution in [0.25, 0.3) is 0 Å². The molecule has 1 fully saturated rings. The molecule has 0 amide bonds. The second kappa shape index (κ2) is 5.46. The fourth-order valence-electron chi connectivity index (χ4n) is 1.95. The van der Waals surface area contributed by atoms with Crippen molar-refractivity contribution in [3.8, 4) is 0 Å². The van der Waals surface area contributed by atoms with Gasteiger partial charge < -0.3 is 5.32 Å². The highest BCUT2D eigenvalue weighted by Gasteiger charge is 2.17. The number of likely N-dealkylation sites (tertiary alicyclic amines) is 1. The molecule has 0 bridgehead atoms. The van der Waals surface area contributed by atoms with Gasteiger partial charge in [-0.05, 0) is 32.9 Å². The third kappa shape index (κ3) is 3.06. The maximum atomic E-state index is 5.72. The molecular formula is C11H17ClN4. The highest BCUT2D eigenvalue weighted by atomic mass is 35.5. The molecule has 0 radical (unpaired) electrons. The minimum Gasteiger partial charge on any atom is -0.353 e. The lowest BCUT2D eigenvalue weighted by atomic mass is 10.3. The molecule has 2 rings (SSSR count). The van der Waals surface area contributed by atoms with Crippen molar-refractivity contribution in [3.05, 3.63) is 17.4 Å². The Labute approximate surface area is 101 Å². The summed E-state index contributed by atoms with van der Waals surface area (Å²) in [7, 11) is 0. The zero-order chi connectivity index (χ0) is 11.4. The number of aromatic nitrogens is 2. The first-order valence-electron chi connectivity index (χ1n) is 5.71. The Morgan fingerprint density at radius 1 is 1.38 bits per heavy atom. The van der Waals surface area contributed by atoms with Crippen molar-refractivity contribution in [3.63, 3.8) is 0 Å². The number of hydrogen-bond donors (Lipinski definition) is 1. The van der Waals surface area contributed by atoms with E-state index in [1.807, 2.05) is 0 Å². The van der Waals surface area contributed by atoms with Crippen molar-refractivity contribution in [1.82, 2.24) is 14.9 Å². The van der Waals surface area contributed by atoms with E-state index in [9.17, 15) is 0 Å². The van der Waals surface area contributed by atoms with Crippen molar-refractivity contribution < 1.29 is 0 Å². The zero-order valence-electron chi connectivity index (χ0n) is 9.49. The minimum absolute atomic E-state index is 0.529. The zero-order valence-corrected chi connectivity index (χ0v) is 10.2. The third-order valence-electron chi connectivity index (χ3n) is 2.94. The lowest BCUT2D eigenvalue weighted by Gasteiger charge is -2.23. The van der Waals surface area contributed by atoms with Crippen LogP contribution in [0.5, 0.6) is 0 Å². The highest BCUT2D eigenvalue weighted by molar-refractivity contribution is 6.30. The van der Waals surface area contributed by atoms with E-state index in [1.165, 1.54) is 25.9 Å². The van der Waals surface area contributed by atoms with E-state index in [1.54, 1.807) is 12.4 Å². The van der Waals surface area contributed by atoms with E-state index < -0.39 is 0 Å². The fourth-order valence-corrected chi connectivity index (χ4v) is 2.05. The predicted molar refractivity (Wildman–Crippen MR) is 65.8 cm³/mol. The first-order valence-corrected chi connectivity index (χ1v) is 6.09. The maximum absolute atomic E-state index is 5.72. The molecule has 88 valence electrons. The predicted octanol–water partition coefficient (Wildman–Crippen LogP) is 2.03. The van der Waals surface area contributed by atoms with Crippen LogP contribution in [-0.4, -0.2) is 40.5 Å². The van der Waals surface area contributed by atoms with Gasteiger partial charge in [-0.3, -0.25) is 4.90 Å². The Hall–Kier alpha value is -0.870. The summed E-state index contributed by atoms with van der Waals surface area (Å²) in [6.45, 7) is 5.53. The van der Waals surface area contributed by atoms with Gasteiger partial charge in [0.05, 0.1) is 17.4 Å². The Kier molecular flexibility index (Phi) is 3.96. The quantitative estimate of drug-likeness (QED) is 0.875. The van der Waals surface area contributed by atoms with Crippen LogP contribution in [0.4, 0.5) is 5.95 Å². The van der Waals surface area contributed by atoms with E-state index >= 15 is 0 Å². The maximum Gasteiger partial charge on any atom is 0.222 e. The molecule has 1 N–H and O–H groups in total. The Bertz CT molecular complexity index is 321. The third-order valence-corrected chi connectivity index (χ3v) is 3.14. The molecule has 2 heterocycles. The van der Waals surface area contributed by atoms with Crippen molar-refractivity contribution >= 4 is 17.5 Å². The van der Waals surface area contributed by atoms with E-state index in [0.717, 1.165) is 6.54 Å². The summed E-state index contributed by atoms with van der Waals surface area (Å²) in [5.74, 6) is 0.649. The summed E-state index contributed by atoms with van der Waals surface area (Å²) < 4.78 is 0. The molecule has 0 saturated carbocycles. The smallest absolute Gasteiger partial charge is 0.222 e. The summed E-state index contributed by atoms with van der Waals surface area (Å²) in [5.41, 5.74) is 0. The average molecular weight is 241 g/mol. The molecule has 1 unspecified atom stereocenters. The number of nitrogens with zero attached hydrogens (tertiary/aromatic N) is 3. The van der Waals surface area contributed by atoms with Crippen LogP contribution in [0.2, 0.25) is 5.02 Å². The molecule has 1 aliphatic rings. The molecule has 1 aliphatic heterocycles. The van der Waals surface area contributed by atoms with E-state index in [2.05, 4.69) is 27.1 Å². The minimum atomic E-state index is 0.529. The molecule has 1 atom stereocenters. The van der Waals surface area contributed by atoms with Crippen molar-refractivity contribution in [2.24, 2.45) is 0 Å². The van der Waals surface area contributed by atoms with Crippen molar-refractivity contribution in [2.75, 3.05) is 25.0 Å². The number of hydrogen-bond acceptors (Lipinski definition) is 4. The summed E-state index contributed by atoms with van der Waals surface area (Å²) in [6, 6.07) is 0.529. The monoisotopic (exact) mass is 240 g/mol. The number of nitrogens with one attached hydrogen (secondary N) is 1. The van der Waals surface area contributed by atoms with Gasteiger partial charge in [-0.1, -0.05) is 11.6 Å². The first-order chi connectivity index (χ1) is 7.75. The topological polar surface area (TPSA) is 41.1 Å². The van der Waals surface area contributed by atoms with Crippen LogP contribution >= 0.6 is 11.6 Å². The van der Waals surface area contributed by atoms with Gasteiger partial charge in [0.2, 0.25) is 5.95 Å². The SMILES string of the molecule is CC(CNc1ncc(Cl)cn1)N1CCCC1. The van der Waals surface area contributed by atoms with Crippen LogP contribution in [0.1, 0.15) is 19.8 Å². The Morgan fingerprint density at radius 2 is 2.00 bits per heavy atom. The van der Waals surface area contributed by atoms with Gasteiger partial charge in [-0.15, -0.1) is 0 Å². The fraction of sp³-hybridized carbons (Fsp3) is 0.636.